The van der Waals surface area contributed by atoms with E-state index in [1.165, 1.54) is 51.4 Å². The maximum absolute atomic E-state index is 12.3. The molecular formula is C36H64O13. The number of aliphatic hydroxyl groups is 6. The third-order valence-corrected chi connectivity index (χ3v) is 9.15. The fourth-order valence-electron chi connectivity index (χ4n) is 5.97. The van der Waals surface area contributed by atoms with Gasteiger partial charge in [-0.25, -0.2) is 0 Å². The van der Waals surface area contributed by atoms with Crippen molar-refractivity contribution in [2.45, 2.75) is 184 Å². The largest absolute Gasteiger partial charge is 0.463 e. The second-order valence-electron chi connectivity index (χ2n) is 13.4. The minimum Gasteiger partial charge on any atom is -0.463 e. The SMILES string of the molecule is CCCCCC/C=C\CCCC(=O)OC[C@H]1O[C@H](O[C@]2(CO)O[C@H](COC(=O)CCCCCCCCCCC)[C@@H](O)[C@@H]2O)[C@H](O)[C@@H](O)[C@@H]1O. The molecule has 2 rings (SSSR count). The predicted octanol–water partition coefficient (Wildman–Crippen LogP) is 3.32. The molecule has 2 heterocycles. The molecule has 0 aliphatic carbocycles. The topological polar surface area (TPSA) is 202 Å². The number of ether oxygens (including phenoxy) is 5. The van der Waals surface area contributed by atoms with E-state index in [9.17, 15) is 40.2 Å². The number of carbonyl (C=O) groups excluding carboxylic acids is 2. The summed E-state index contributed by atoms with van der Waals surface area (Å²) in [6, 6.07) is 0. The summed E-state index contributed by atoms with van der Waals surface area (Å²) in [7, 11) is 0. The van der Waals surface area contributed by atoms with Crippen LogP contribution in [0.4, 0.5) is 0 Å². The number of allylic oxidation sites excluding steroid dienone is 2. The van der Waals surface area contributed by atoms with Crippen LogP contribution in [-0.2, 0) is 33.3 Å². The van der Waals surface area contributed by atoms with E-state index in [2.05, 4.69) is 19.9 Å². The van der Waals surface area contributed by atoms with Gasteiger partial charge in [0.2, 0.25) is 5.79 Å². The smallest absolute Gasteiger partial charge is 0.305 e. The van der Waals surface area contributed by atoms with Crippen molar-refractivity contribution in [3.8, 4) is 0 Å². The summed E-state index contributed by atoms with van der Waals surface area (Å²) in [5, 5.41) is 63.1. The molecule has 0 unspecified atom stereocenters. The zero-order valence-corrected chi connectivity index (χ0v) is 29.7. The van der Waals surface area contributed by atoms with Crippen molar-refractivity contribution in [1.82, 2.24) is 0 Å². The molecule has 0 bridgehead atoms. The van der Waals surface area contributed by atoms with Crippen molar-refractivity contribution < 1.29 is 63.9 Å². The summed E-state index contributed by atoms with van der Waals surface area (Å²) in [5.74, 6) is -3.36. The molecule has 2 saturated heterocycles. The third-order valence-electron chi connectivity index (χ3n) is 9.15. The van der Waals surface area contributed by atoms with Gasteiger partial charge in [0.15, 0.2) is 6.29 Å². The Morgan fingerprint density at radius 1 is 0.633 bits per heavy atom. The van der Waals surface area contributed by atoms with E-state index in [0.717, 1.165) is 32.1 Å². The van der Waals surface area contributed by atoms with Crippen LogP contribution in [0.3, 0.4) is 0 Å². The number of carbonyl (C=O) groups is 2. The lowest BCUT2D eigenvalue weighted by Crippen LogP contribution is -2.62. The first-order valence-electron chi connectivity index (χ1n) is 18.6. The van der Waals surface area contributed by atoms with Crippen molar-refractivity contribution in [2.24, 2.45) is 0 Å². The molecule has 2 fully saturated rings. The Balaban J connectivity index is 1.80. The highest BCUT2D eigenvalue weighted by Gasteiger charge is 2.58. The number of unbranched alkanes of at least 4 members (excludes halogenated alkanes) is 13. The molecule has 0 amide bonds. The molecule has 0 aromatic rings. The van der Waals surface area contributed by atoms with Gasteiger partial charge in [-0.1, -0.05) is 96.6 Å². The number of esters is 2. The van der Waals surface area contributed by atoms with Crippen LogP contribution in [0.2, 0.25) is 0 Å². The Morgan fingerprint density at radius 3 is 1.73 bits per heavy atom. The van der Waals surface area contributed by atoms with Gasteiger partial charge < -0.3 is 54.3 Å². The van der Waals surface area contributed by atoms with Crippen molar-refractivity contribution in [3.05, 3.63) is 12.2 Å². The molecule has 49 heavy (non-hydrogen) atoms. The lowest BCUT2D eigenvalue weighted by Gasteiger charge is -2.43. The van der Waals surface area contributed by atoms with Gasteiger partial charge in [0, 0.05) is 12.8 Å². The highest BCUT2D eigenvalue weighted by Crippen LogP contribution is 2.36. The van der Waals surface area contributed by atoms with Gasteiger partial charge in [-0.3, -0.25) is 9.59 Å². The normalized spacial score (nSPS) is 30.2. The summed E-state index contributed by atoms with van der Waals surface area (Å²) in [6.07, 6.45) is 8.16. The highest BCUT2D eigenvalue weighted by molar-refractivity contribution is 5.69. The Morgan fingerprint density at radius 2 is 1.14 bits per heavy atom. The molecular weight excluding hydrogens is 640 g/mol. The fraction of sp³-hybridized carbons (Fsp3) is 0.889. The molecule has 0 spiro atoms. The summed E-state index contributed by atoms with van der Waals surface area (Å²) >= 11 is 0. The molecule has 0 aromatic carbocycles. The monoisotopic (exact) mass is 704 g/mol. The third kappa shape index (κ3) is 15.2. The van der Waals surface area contributed by atoms with E-state index >= 15 is 0 Å². The first-order valence-corrected chi connectivity index (χ1v) is 18.6. The van der Waals surface area contributed by atoms with Crippen LogP contribution >= 0.6 is 0 Å². The molecule has 0 aromatic heterocycles. The maximum atomic E-state index is 12.3. The minimum absolute atomic E-state index is 0.130. The number of hydrogen-bond acceptors (Lipinski definition) is 13. The van der Waals surface area contributed by atoms with E-state index in [1.807, 2.05) is 6.08 Å². The van der Waals surface area contributed by atoms with Crippen LogP contribution < -0.4 is 0 Å². The van der Waals surface area contributed by atoms with E-state index in [0.29, 0.717) is 19.3 Å². The predicted molar refractivity (Wildman–Crippen MR) is 180 cm³/mol. The lowest BCUT2D eigenvalue weighted by atomic mass is 9.99. The molecule has 6 N–H and O–H groups in total. The molecule has 2 aliphatic rings. The van der Waals surface area contributed by atoms with Crippen molar-refractivity contribution in [1.29, 1.82) is 0 Å². The molecule has 2 aliphatic heterocycles. The second kappa shape index (κ2) is 24.5. The van der Waals surface area contributed by atoms with Gasteiger partial charge in [0.1, 0.15) is 62.5 Å². The first-order chi connectivity index (χ1) is 23.6. The summed E-state index contributed by atoms with van der Waals surface area (Å²) in [6.45, 7) is 2.45. The Kier molecular flexibility index (Phi) is 21.7. The summed E-state index contributed by atoms with van der Waals surface area (Å²) < 4.78 is 27.4. The van der Waals surface area contributed by atoms with E-state index in [-0.39, 0.29) is 12.8 Å². The molecule has 13 heteroatoms. The second-order valence-corrected chi connectivity index (χ2v) is 13.4. The van der Waals surface area contributed by atoms with Crippen molar-refractivity contribution in [3.63, 3.8) is 0 Å². The number of hydrogen-bond donors (Lipinski definition) is 6. The van der Waals surface area contributed by atoms with Gasteiger partial charge in [-0.2, -0.15) is 0 Å². The zero-order valence-electron chi connectivity index (χ0n) is 29.7. The Labute approximate surface area is 291 Å². The van der Waals surface area contributed by atoms with Gasteiger partial charge in [-0.15, -0.1) is 0 Å². The first kappa shape index (κ1) is 43.5. The standard InChI is InChI=1S/C36H64O13/c1-3-5-7-9-11-13-15-17-19-21-28(38)45-23-26-30(40)32(42)33(43)35(47-26)49-36(25-37)34(44)31(41)27(48-36)24-46-29(39)22-20-18-16-14-12-10-8-6-4-2/h13,15,26-27,30-35,37,40-44H,3-12,14,16-25H2,1-2H3/b15-13-/t26-,27-,30-,31-,32+,33-,34+,35-,36+/m1/s1. The average molecular weight is 705 g/mol. The molecule has 9 atom stereocenters. The zero-order chi connectivity index (χ0) is 36.1. The minimum atomic E-state index is -2.33. The molecule has 13 nitrogen and oxygen atoms in total. The van der Waals surface area contributed by atoms with Gasteiger partial charge in [0.05, 0.1) is 0 Å². The van der Waals surface area contributed by atoms with Gasteiger partial charge in [-0.05, 0) is 32.1 Å². The van der Waals surface area contributed by atoms with Crippen LogP contribution in [0.15, 0.2) is 12.2 Å². The Hall–Kier alpha value is -1.68. The van der Waals surface area contributed by atoms with Gasteiger partial charge >= 0.3 is 11.9 Å². The van der Waals surface area contributed by atoms with Crippen LogP contribution in [-0.4, -0.2) is 117 Å². The fourth-order valence-corrected chi connectivity index (χ4v) is 5.97. The van der Waals surface area contributed by atoms with Gasteiger partial charge in [0.25, 0.3) is 0 Å². The molecule has 0 radical (unpaired) electrons. The van der Waals surface area contributed by atoms with E-state index in [4.69, 9.17) is 23.7 Å². The summed E-state index contributed by atoms with van der Waals surface area (Å²) in [5.41, 5.74) is 0. The molecule has 286 valence electrons. The maximum Gasteiger partial charge on any atom is 0.305 e. The summed E-state index contributed by atoms with van der Waals surface area (Å²) in [4.78, 5) is 24.6. The Bertz CT molecular complexity index is 933. The van der Waals surface area contributed by atoms with Crippen LogP contribution in [0.1, 0.15) is 129 Å². The quantitative estimate of drug-likeness (QED) is 0.0436. The van der Waals surface area contributed by atoms with Crippen molar-refractivity contribution in [2.75, 3.05) is 19.8 Å². The number of aliphatic hydroxyl groups excluding tert-OH is 6. The van der Waals surface area contributed by atoms with Crippen LogP contribution in [0.25, 0.3) is 0 Å². The van der Waals surface area contributed by atoms with E-state index in [1.54, 1.807) is 0 Å². The highest BCUT2D eigenvalue weighted by atomic mass is 16.8. The van der Waals surface area contributed by atoms with E-state index < -0.39 is 86.6 Å². The van der Waals surface area contributed by atoms with Crippen molar-refractivity contribution >= 4 is 11.9 Å². The number of rotatable bonds is 26. The average Bonchev–Trinajstić information content (AvgIpc) is 3.33. The molecule has 0 saturated carbocycles. The van der Waals surface area contributed by atoms with Crippen LogP contribution in [0.5, 0.6) is 0 Å². The lowest BCUT2D eigenvalue weighted by molar-refractivity contribution is -0.383. The van der Waals surface area contributed by atoms with Crippen LogP contribution in [0, 0.1) is 0 Å².